The van der Waals surface area contributed by atoms with Crippen molar-refractivity contribution >= 4 is 22.0 Å². The van der Waals surface area contributed by atoms with Crippen molar-refractivity contribution in [2.75, 3.05) is 0 Å². The normalized spacial score (nSPS) is 13.5. The van der Waals surface area contributed by atoms with Gasteiger partial charge in [-0.25, -0.2) is 0 Å². The van der Waals surface area contributed by atoms with E-state index < -0.39 is 0 Å². The van der Waals surface area contributed by atoms with E-state index in [0.717, 1.165) is 17.3 Å². The number of aromatic nitrogens is 1. The summed E-state index contributed by atoms with van der Waals surface area (Å²) >= 11 is 3.50. The van der Waals surface area contributed by atoms with Crippen molar-refractivity contribution in [1.82, 2.24) is 4.98 Å². The molecule has 1 nitrogen and oxygen atoms in total. The number of fused-ring (bicyclic) bond motifs is 1. The Kier molecular flexibility index (Phi) is 2.01. The number of hydrogen-bond acceptors (Lipinski definition) is 1. The Balaban J connectivity index is 2.61. The van der Waals surface area contributed by atoms with Crippen LogP contribution < -0.4 is 0 Å². The van der Waals surface area contributed by atoms with Gasteiger partial charge in [0.1, 0.15) is 0 Å². The summed E-state index contributed by atoms with van der Waals surface area (Å²) in [6, 6.07) is 0. The van der Waals surface area contributed by atoms with Gasteiger partial charge in [-0.1, -0.05) is 19.1 Å². The smallest absolute Gasteiger partial charge is 0.0442 e. The number of halogens is 1. The van der Waals surface area contributed by atoms with Gasteiger partial charge in [-0.2, -0.15) is 0 Å². The molecule has 1 aliphatic rings. The van der Waals surface area contributed by atoms with Crippen molar-refractivity contribution in [2.45, 2.75) is 19.8 Å². The second kappa shape index (κ2) is 3.02. The third-order valence-corrected chi connectivity index (χ3v) is 2.84. The maximum atomic E-state index is 4.38. The first kappa shape index (κ1) is 7.99. The van der Waals surface area contributed by atoms with Crippen molar-refractivity contribution in [3.05, 3.63) is 33.6 Å². The van der Waals surface area contributed by atoms with Crippen LogP contribution in [0.5, 0.6) is 0 Å². The van der Waals surface area contributed by atoms with Gasteiger partial charge in [0, 0.05) is 16.4 Å². The maximum absolute atomic E-state index is 4.38. The van der Waals surface area contributed by atoms with Gasteiger partial charge in [-0.15, -0.1) is 0 Å². The van der Waals surface area contributed by atoms with Crippen LogP contribution >= 0.6 is 15.9 Å². The molecule has 0 bridgehead atoms. The van der Waals surface area contributed by atoms with E-state index in [4.69, 9.17) is 0 Å². The van der Waals surface area contributed by atoms with Crippen LogP contribution in [-0.2, 0) is 12.8 Å². The first-order chi connectivity index (χ1) is 5.83. The van der Waals surface area contributed by atoms with Crippen LogP contribution in [0.1, 0.15) is 23.7 Å². The fourth-order valence-corrected chi connectivity index (χ4v) is 2.06. The van der Waals surface area contributed by atoms with Gasteiger partial charge in [-0.3, -0.25) is 4.98 Å². The summed E-state index contributed by atoms with van der Waals surface area (Å²) in [5, 5.41) is 0. The molecule has 0 unspecified atom stereocenters. The average molecular weight is 224 g/mol. The number of allylic oxidation sites excluding steroid dienone is 1. The highest BCUT2D eigenvalue weighted by Crippen LogP contribution is 2.28. The lowest BCUT2D eigenvalue weighted by Gasteiger charge is -2.05. The molecule has 0 fully saturated rings. The van der Waals surface area contributed by atoms with Crippen molar-refractivity contribution in [1.29, 1.82) is 0 Å². The number of rotatable bonds is 1. The van der Waals surface area contributed by atoms with Crippen molar-refractivity contribution in [2.24, 2.45) is 0 Å². The molecule has 0 amide bonds. The lowest BCUT2D eigenvalue weighted by Crippen LogP contribution is -1.96. The Hall–Kier alpha value is -0.630. The van der Waals surface area contributed by atoms with E-state index in [1.807, 2.05) is 6.20 Å². The molecule has 0 aliphatic heterocycles. The lowest BCUT2D eigenvalue weighted by molar-refractivity contribution is 0.988. The summed E-state index contributed by atoms with van der Waals surface area (Å²) in [6.45, 7) is 2.15. The fraction of sp³-hybridized carbons (Fsp3) is 0.300. The van der Waals surface area contributed by atoms with Crippen LogP contribution in [0.15, 0.2) is 16.7 Å². The van der Waals surface area contributed by atoms with E-state index in [1.165, 1.54) is 16.8 Å². The maximum Gasteiger partial charge on any atom is 0.0442 e. The number of nitrogens with zero attached hydrogens (tertiary/aromatic N) is 1. The van der Waals surface area contributed by atoms with Gasteiger partial charge in [0.25, 0.3) is 0 Å². The summed E-state index contributed by atoms with van der Waals surface area (Å²) in [7, 11) is 0. The van der Waals surface area contributed by atoms with Crippen molar-refractivity contribution in [3.63, 3.8) is 0 Å². The fourth-order valence-electron chi connectivity index (χ4n) is 1.59. The molecular weight excluding hydrogens is 214 g/mol. The largest absolute Gasteiger partial charge is 0.260 e. The van der Waals surface area contributed by atoms with E-state index >= 15 is 0 Å². The quantitative estimate of drug-likeness (QED) is 0.714. The van der Waals surface area contributed by atoms with Crippen LogP contribution in [0.2, 0.25) is 0 Å². The predicted octanol–water partition coefficient (Wildman–Crippen LogP) is 2.98. The van der Waals surface area contributed by atoms with E-state index in [9.17, 15) is 0 Å². The molecule has 2 rings (SSSR count). The Morgan fingerprint density at radius 1 is 1.58 bits per heavy atom. The number of aryl methyl sites for hydroxylation is 1. The van der Waals surface area contributed by atoms with Gasteiger partial charge in [0.15, 0.2) is 0 Å². The van der Waals surface area contributed by atoms with Crippen LogP contribution in [0.4, 0.5) is 0 Å². The minimum Gasteiger partial charge on any atom is -0.260 e. The average Bonchev–Trinajstić information content (AvgIpc) is 2.54. The van der Waals surface area contributed by atoms with Crippen LogP contribution in [0, 0.1) is 0 Å². The summed E-state index contributed by atoms with van der Waals surface area (Å²) in [5.41, 5.74) is 3.95. The SMILES string of the molecule is CCc1ncc(Br)c2c1CC=C2. The second-order valence-corrected chi connectivity index (χ2v) is 3.76. The molecule has 2 heteroatoms. The Morgan fingerprint density at radius 3 is 3.17 bits per heavy atom. The molecule has 1 aliphatic carbocycles. The van der Waals surface area contributed by atoms with Gasteiger partial charge >= 0.3 is 0 Å². The summed E-state index contributed by atoms with van der Waals surface area (Å²) in [4.78, 5) is 4.38. The molecule has 0 saturated carbocycles. The summed E-state index contributed by atoms with van der Waals surface area (Å²) in [6.07, 6.45) is 8.33. The zero-order valence-electron chi connectivity index (χ0n) is 6.97. The van der Waals surface area contributed by atoms with E-state index in [1.54, 1.807) is 0 Å². The highest BCUT2D eigenvalue weighted by molar-refractivity contribution is 9.10. The van der Waals surface area contributed by atoms with Crippen molar-refractivity contribution < 1.29 is 0 Å². The molecule has 0 N–H and O–H groups in total. The predicted molar refractivity (Wildman–Crippen MR) is 54.1 cm³/mol. The summed E-state index contributed by atoms with van der Waals surface area (Å²) < 4.78 is 1.11. The first-order valence-corrected chi connectivity index (χ1v) is 4.95. The Bertz CT molecular complexity index is 342. The molecular formula is C10H10BrN. The van der Waals surface area contributed by atoms with E-state index in [-0.39, 0.29) is 0 Å². The monoisotopic (exact) mass is 223 g/mol. The first-order valence-electron chi connectivity index (χ1n) is 4.15. The highest BCUT2D eigenvalue weighted by atomic mass is 79.9. The number of pyridine rings is 1. The molecule has 1 heterocycles. The molecule has 0 radical (unpaired) electrons. The Morgan fingerprint density at radius 2 is 2.42 bits per heavy atom. The van der Waals surface area contributed by atoms with E-state index in [0.29, 0.717) is 0 Å². The van der Waals surface area contributed by atoms with Crippen molar-refractivity contribution in [3.8, 4) is 0 Å². The minimum atomic E-state index is 1.03. The topological polar surface area (TPSA) is 12.9 Å². The molecule has 0 aromatic carbocycles. The Labute approximate surface area is 80.6 Å². The highest BCUT2D eigenvalue weighted by Gasteiger charge is 2.12. The molecule has 0 spiro atoms. The molecule has 12 heavy (non-hydrogen) atoms. The molecule has 1 aromatic heterocycles. The molecule has 0 atom stereocenters. The third-order valence-electron chi connectivity index (χ3n) is 2.21. The van der Waals surface area contributed by atoms with Gasteiger partial charge < -0.3 is 0 Å². The second-order valence-electron chi connectivity index (χ2n) is 2.91. The zero-order valence-corrected chi connectivity index (χ0v) is 8.56. The lowest BCUT2D eigenvalue weighted by atomic mass is 10.1. The van der Waals surface area contributed by atoms with Crippen LogP contribution in [0.25, 0.3) is 6.08 Å². The van der Waals surface area contributed by atoms with Gasteiger partial charge in [-0.05, 0) is 39.9 Å². The summed E-state index contributed by atoms with van der Waals surface area (Å²) in [5.74, 6) is 0. The number of hydrogen-bond donors (Lipinski definition) is 0. The van der Waals surface area contributed by atoms with E-state index in [2.05, 4.69) is 40.0 Å². The minimum absolute atomic E-state index is 1.03. The zero-order chi connectivity index (χ0) is 8.55. The van der Waals surface area contributed by atoms with Crippen LogP contribution in [0.3, 0.4) is 0 Å². The van der Waals surface area contributed by atoms with Crippen LogP contribution in [-0.4, -0.2) is 4.98 Å². The molecule has 62 valence electrons. The van der Waals surface area contributed by atoms with Gasteiger partial charge in [0.05, 0.1) is 0 Å². The molecule has 1 aromatic rings. The molecule has 0 saturated heterocycles. The standard InChI is InChI=1S/C10H10BrN/c1-2-10-8-5-3-4-7(8)9(11)6-12-10/h3-4,6H,2,5H2,1H3. The van der Waals surface area contributed by atoms with Gasteiger partial charge in [0.2, 0.25) is 0 Å². The third kappa shape index (κ3) is 1.11.